The van der Waals surface area contributed by atoms with Gasteiger partial charge in [-0.05, 0) is 34.3 Å². The highest BCUT2D eigenvalue weighted by atomic mass is 79.9. The molecule has 0 amide bonds. The first-order valence-electron chi connectivity index (χ1n) is 3.91. The molecule has 0 saturated carbocycles. The van der Waals surface area contributed by atoms with E-state index < -0.39 is 0 Å². The molecule has 0 atom stereocenters. The van der Waals surface area contributed by atoms with E-state index in [-0.39, 0.29) is 0 Å². The summed E-state index contributed by atoms with van der Waals surface area (Å²) in [7, 11) is 0. The number of thioether (sulfide) groups is 1. The summed E-state index contributed by atoms with van der Waals surface area (Å²) in [5, 5.41) is 12.1. The van der Waals surface area contributed by atoms with Gasteiger partial charge in [-0.25, -0.2) is 4.99 Å². The minimum atomic E-state index is 0.528. The number of hydrogen-bond donors (Lipinski definition) is 1. The van der Waals surface area contributed by atoms with Crippen LogP contribution in [0.3, 0.4) is 0 Å². The molecule has 78 valence electrons. The summed E-state index contributed by atoms with van der Waals surface area (Å²) >= 11 is 10.6. The van der Waals surface area contributed by atoms with Crippen LogP contribution < -0.4 is 5.32 Å². The predicted octanol–water partition coefficient (Wildman–Crippen LogP) is 3.52. The number of nitriles is 1. The second kappa shape index (κ2) is 6.01. The van der Waals surface area contributed by atoms with E-state index in [9.17, 15) is 0 Å². The third-order valence-electron chi connectivity index (χ3n) is 1.51. The second-order valence-electron chi connectivity index (χ2n) is 2.43. The maximum atomic E-state index is 8.48. The standard InChI is InChI=1S/C9H7BrClN3S/c1-15-9(13-5-12)14-7-4-2-3-6(11)8(7)10/h2-4H,1H3,(H,13,14). The van der Waals surface area contributed by atoms with E-state index in [1.807, 2.05) is 18.5 Å². The van der Waals surface area contributed by atoms with Crippen molar-refractivity contribution in [2.45, 2.75) is 0 Å². The van der Waals surface area contributed by atoms with Crippen molar-refractivity contribution < 1.29 is 0 Å². The Hall–Kier alpha value is -0.700. The molecule has 0 fully saturated rings. The van der Waals surface area contributed by atoms with Gasteiger partial charge in [0.25, 0.3) is 0 Å². The lowest BCUT2D eigenvalue weighted by Gasteiger charge is -2.02. The van der Waals surface area contributed by atoms with E-state index in [1.165, 1.54) is 11.8 Å². The van der Waals surface area contributed by atoms with Crippen molar-refractivity contribution in [2.24, 2.45) is 4.99 Å². The van der Waals surface area contributed by atoms with Crippen LogP contribution in [-0.4, -0.2) is 11.4 Å². The molecule has 0 aliphatic rings. The zero-order valence-corrected chi connectivity index (χ0v) is 10.9. The maximum Gasteiger partial charge on any atom is 0.183 e. The van der Waals surface area contributed by atoms with Crippen LogP contribution in [0.25, 0.3) is 0 Å². The molecule has 3 nitrogen and oxygen atoms in total. The number of benzene rings is 1. The van der Waals surface area contributed by atoms with Crippen LogP contribution in [0.5, 0.6) is 0 Å². The highest BCUT2D eigenvalue weighted by Gasteiger charge is 2.03. The molecule has 1 rings (SSSR count). The fourth-order valence-corrected chi connectivity index (χ4v) is 1.72. The van der Waals surface area contributed by atoms with E-state index in [2.05, 4.69) is 26.2 Å². The molecule has 0 saturated heterocycles. The van der Waals surface area contributed by atoms with Gasteiger partial charge in [0.15, 0.2) is 11.4 Å². The zero-order valence-electron chi connectivity index (χ0n) is 7.79. The Balaban J connectivity index is 3.07. The first-order valence-corrected chi connectivity index (χ1v) is 6.30. The largest absolute Gasteiger partial charge is 0.271 e. The SMILES string of the molecule is CSC(=Nc1cccc(Cl)c1Br)NC#N. The summed E-state index contributed by atoms with van der Waals surface area (Å²) in [5.41, 5.74) is 0.689. The summed E-state index contributed by atoms with van der Waals surface area (Å²) in [6.07, 6.45) is 3.66. The highest BCUT2D eigenvalue weighted by Crippen LogP contribution is 2.32. The third-order valence-corrected chi connectivity index (χ3v) is 3.47. The van der Waals surface area contributed by atoms with Gasteiger partial charge in [0.05, 0.1) is 15.2 Å². The summed E-state index contributed by atoms with van der Waals surface area (Å²) in [5.74, 6) is 0. The van der Waals surface area contributed by atoms with E-state index in [4.69, 9.17) is 16.9 Å². The molecular weight excluding hydrogens is 298 g/mol. The number of amidine groups is 1. The minimum absolute atomic E-state index is 0.528. The quantitative estimate of drug-likeness (QED) is 0.374. The van der Waals surface area contributed by atoms with Crippen molar-refractivity contribution in [3.63, 3.8) is 0 Å². The molecule has 0 aliphatic heterocycles. The number of halogens is 2. The average molecular weight is 305 g/mol. The van der Waals surface area contributed by atoms with Gasteiger partial charge in [0.2, 0.25) is 0 Å². The lowest BCUT2D eigenvalue weighted by Crippen LogP contribution is -2.12. The highest BCUT2D eigenvalue weighted by molar-refractivity contribution is 9.10. The second-order valence-corrected chi connectivity index (χ2v) is 4.43. The number of rotatable bonds is 1. The van der Waals surface area contributed by atoms with Crippen molar-refractivity contribution in [1.82, 2.24) is 5.32 Å². The minimum Gasteiger partial charge on any atom is -0.271 e. The Bertz CT molecular complexity index is 428. The van der Waals surface area contributed by atoms with Crippen molar-refractivity contribution in [3.8, 4) is 6.19 Å². The normalized spacial score (nSPS) is 10.9. The topological polar surface area (TPSA) is 48.2 Å². The first kappa shape index (κ1) is 12.4. The monoisotopic (exact) mass is 303 g/mol. The maximum absolute atomic E-state index is 8.48. The van der Waals surface area contributed by atoms with Gasteiger partial charge in [-0.15, -0.1) is 0 Å². The summed E-state index contributed by atoms with van der Waals surface area (Å²) in [6.45, 7) is 0. The number of nitrogens with zero attached hydrogens (tertiary/aromatic N) is 2. The molecule has 0 aromatic heterocycles. The fourth-order valence-electron chi connectivity index (χ4n) is 0.861. The van der Waals surface area contributed by atoms with Gasteiger partial charge in [-0.1, -0.05) is 29.4 Å². The molecule has 1 aromatic carbocycles. The molecule has 0 unspecified atom stereocenters. The summed E-state index contributed by atoms with van der Waals surface area (Å²) in [4.78, 5) is 4.24. The lowest BCUT2D eigenvalue weighted by molar-refractivity contribution is 1.28. The predicted molar refractivity (Wildman–Crippen MR) is 68.5 cm³/mol. The molecule has 0 heterocycles. The van der Waals surface area contributed by atoms with Crippen LogP contribution in [0.2, 0.25) is 5.02 Å². The van der Waals surface area contributed by atoms with Crippen molar-refractivity contribution in [3.05, 3.63) is 27.7 Å². The van der Waals surface area contributed by atoms with E-state index in [1.54, 1.807) is 12.1 Å². The van der Waals surface area contributed by atoms with E-state index >= 15 is 0 Å². The van der Waals surface area contributed by atoms with Gasteiger partial charge < -0.3 is 0 Å². The Labute approximate surface area is 106 Å². The van der Waals surface area contributed by atoms with Gasteiger partial charge in [0.1, 0.15) is 0 Å². The fraction of sp³-hybridized carbons (Fsp3) is 0.111. The Morgan fingerprint density at radius 2 is 2.40 bits per heavy atom. The molecule has 0 spiro atoms. The Morgan fingerprint density at radius 3 is 3.00 bits per heavy atom. The van der Waals surface area contributed by atoms with Crippen molar-refractivity contribution >= 4 is 50.1 Å². The Morgan fingerprint density at radius 1 is 1.67 bits per heavy atom. The molecule has 0 aliphatic carbocycles. The van der Waals surface area contributed by atoms with Gasteiger partial charge in [-0.2, -0.15) is 5.26 Å². The van der Waals surface area contributed by atoms with Crippen LogP contribution in [0.1, 0.15) is 0 Å². The zero-order chi connectivity index (χ0) is 11.3. The summed E-state index contributed by atoms with van der Waals surface area (Å²) in [6, 6.07) is 5.38. The van der Waals surface area contributed by atoms with Gasteiger partial charge in [-0.3, -0.25) is 5.32 Å². The number of hydrogen-bond acceptors (Lipinski definition) is 3. The first-order chi connectivity index (χ1) is 7.19. The molecule has 1 aromatic rings. The molecular formula is C9H7BrClN3S. The molecule has 0 bridgehead atoms. The van der Waals surface area contributed by atoms with E-state index in [0.717, 1.165) is 4.47 Å². The van der Waals surface area contributed by atoms with Crippen LogP contribution in [0, 0.1) is 11.5 Å². The smallest absolute Gasteiger partial charge is 0.183 e. The average Bonchev–Trinajstić information content (AvgIpc) is 2.24. The van der Waals surface area contributed by atoms with Crippen molar-refractivity contribution in [2.75, 3.05) is 6.26 Å². The van der Waals surface area contributed by atoms with Gasteiger partial charge in [0, 0.05) is 0 Å². The lowest BCUT2D eigenvalue weighted by atomic mass is 10.3. The number of aliphatic imine (C=N–C) groups is 1. The van der Waals surface area contributed by atoms with Crippen LogP contribution >= 0.6 is 39.3 Å². The number of nitrogens with one attached hydrogen (secondary N) is 1. The summed E-state index contributed by atoms with van der Waals surface area (Å²) < 4.78 is 0.720. The molecule has 6 heteroatoms. The van der Waals surface area contributed by atoms with Crippen LogP contribution in [-0.2, 0) is 0 Å². The third kappa shape index (κ3) is 3.42. The molecule has 1 N–H and O–H groups in total. The van der Waals surface area contributed by atoms with Crippen LogP contribution in [0.15, 0.2) is 27.7 Å². The van der Waals surface area contributed by atoms with E-state index in [0.29, 0.717) is 15.9 Å². The van der Waals surface area contributed by atoms with Crippen molar-refractivity contribution in [1.29, 1.82) is 5.26 Å². The molecule has 0 radical (unpaired) electrons. The Kier molecular flexibility index (Phi) is 4.95. The van der Waals surface area contributed by atoms with Gasteiger partial charge >= 0.3 is 0 Å². The van der Waals surface area contributed by atoms with Crippen LogP contribution in [0.4, 0.5) is 5.69 Å². The molecule has 15 heavy (non-hydrogen) atoms.